The van der Waals surface area contributed by atoms with Crippen LogP contribution < -0.4 is 21.7 Å². The van der Waals surface area contributed by atoms with Crippen LogP contribution in [0.4, 0.5) is 0 Å². The Labute approximate surface area is 213 Å². The summed E-state index contributed by atoms with van der Waals surface area (Å²) >= 11 is 0. The van der Waals surface area contributed by atoms with Gasteiger partial charge in [0.1, 0.15) is 24.7 Å². The first-order valence-corrected chi connectivity index (χ1v) is 11.9. The number of amides is 4. The zero-order valence-corrected chi connectivity index (χ0v) is 20.5. The maximum Gasteiger partial charge on any atom is 0.322 e. The van der Waals surface area contributed by atoms with E-state index in [9.17, 15) is 28.8 Å². The number of nitrogens with zero attached hydrogens (tertiary/aromatic N) is 1. The van der Waals surface area contributed by atoms with Crippen LogP contribution in [-0.2, 0) is 35.2 Å². The Morgan fingerprint density at radius 2 is 1.70 bits per heavy atom. The first kappa shape index (κ1) is 29.2. The molecule has 1 heterocycles. The Morgan fingerprint density at radius 3 is 2.32 bits per heavy atom. The molecular weight excluding hydrogens is 486 g/mol. The lowest BCUT2D eigenvalue weighted by Crippen LogP contribution is -2.57. The van der Waals surface area contributed by atoms with E-state index in [4.69, 9.17) is 15.9 Å². The Kier molecular flexibility index (Phi) is 11.0. The quantitative estimate of drug-likeness (QED) is 0.181. The van der Waals surface area contributed by atoms with Crippen LogP contribution in [0.2, 0.25) is 0 Å². The van der Waals surface area contributed by atoms with Gasteiger partial charge in [-0.25, -0.2) is 0 Å². The summed E-state index contributed by atoms with van der Waals surface area (Å²) in [4.78, 5) is 73.9. The Balaban J connectivity index is 1.99. The SMILES string of the molecule is C[C@H](NC(=O)[C@@H](N)Cc1ccccc1)C(=O)N1CCC[C@H]1C(=O)N[C@@H](CCC(=O)O)C(=O)NCC(=O)O. The van der Waals surface area contributed by atoms with Gasteiger partial charge in [-0.3, -0.25) is 28.8 Å². The van der Waals surface area contributed by atoms with Crippen LogP contribution in [0.15, 0.2) is 30.3 Å². The molecule has 0 spiro atoms. The van der Waals surface area contributed by atoms with Gasteiger partial charge in [0, 0.05) is 13.0 Å². The van der Waals surface area contributed by atoms with Crippen molar-refractivity contribution < 1.29 is 39.0 Å². The highest BCUT2D eigenvalue weighted by molar-refractivity contribution is 5.95. The Hall–Kier alpha value is -4.00. The lowest BCUT2D eigenvalue weighted by Gasteiger charge is -2.29. The van der Waals surface area contributed by atoms with E-state index >= 15 is 0 Å². The molecule has 0 aliphatic carbocycles. The molecule has 0 saturated carbocycles. The van der Waals surface area contributed by atoms with E-state index in [0.717, 1.165) is 5.56 Å². The Bertz CT molecular complexity index is 1000. The summed E-state index contributed by atoms with van der Waals surface area (Å²) in [7, 11) is 0. The number of carboxylic acids is 2. The van der Waals surface area contributed by atoms with Gasteiger partial charge in [0.15, 0.2) is 0 Å². The molecule has 13 heteroatoms. The number of hydrogen-bond acceptors (Lipinski definition) is 7. The van der Waals surface area contributed by atoms with E-state index in [1.54, 1.807) is 0 Å². The molecule has 0 radical (unpaired) electrons. The molecule has 1 aromatic rings. The molecule has 1 fully saturated rings. The number of likely N-dealkylation sites (tertiary alicyclic amines) is 1. The second-order valence-corrected chi connectivity index (χ2v) is 8.82. The van der Waals surface area contributed by atoms with Gasteiger partial charge >= 0.3 is 11.9 Å². The summed E-state index contributed by atoms with van der Waals surface area (Å²) in [6.45, 7) is 1.03. The number of rotatable bonds is 13. The van der Waals surface area contributed by atoms with E-state index < -0.39 is 72.7 Å². The average molecular weight is 520 g/mol. The highest BCUT2D eigenvalue weighted by Gasteiger charge is 2.38. The van der Waals surface area contributed by atoms with Gasteiger partial charge in [0.05, 0.1) is 6.04 Å². The molecule has 2 rings (SSSR count). The molecular formula is C24H33N5O8. The molecule has 13 nitrogen and oxygen atoms in total. The normalized spacial score (nSPS) is 17.2. The molecule has 37 heavy (non-hydrogen) atoms. The number of carbonyl (C=O) groups is 6. The van der Waals surface area contributed by atoms with Gasteiger partial charge in [-0.15, -0.1) is 0 Å². The van der Waals surface area contributed by atoms with Gasteiger partial charge in [0.2, 0.25) is 23.6 Å². The van der Waals surface area contributed by atoms with E-state index in [0.29, 0.717) is 12.8 Å². The molecule has 1 aliphatic rings. The van der Waals surface area contributed by atoms with Crippen molar-refractivity contribution in [2.24, 2.45) is 5.73 Å². The molecule has 0 bridgehead atoms. The fraction of sp³-hybridized carbons (Fsp3) is 0.500. The van der Waals surface area contributed by atoms with Crippen molar-refractivity contribution in [3.8, 4) is 0 Å². The van der Waals surface area contributed by atoms with Crippen LogP contribution in [-0.4, -0.2) is 87.9 Å². The minimum Gasteiger partial charge on any atom is -0.481 e. The number of carbonyl (C=O) groups excluding carboxylic acids is 4. The second kappa shape index (κ2) is 13.9. The van der Waals surface area contributed by atoms with Crippen molar-refractivity contribution >= 4 is 35.6 Å². The van der Waals surface area contributed by atoms with E-state index in [1.807, 2.05) is 30.3 Å². The number of benzene rings is 1. The topological polar surface area (TPSA) is 208 Å². The lowest BCUT2D eigenvalue weighted by atomic mass is 10.1. The summed E-state index contributed by atoms with van der Waals surface area (Å²) in [5, 5.41) is 24.8. The third-order valence-corrected chi connectivity index (χ3v) is 5.90. The zero-order valence-electron chi connectivity index (χ0n) is 20.5. The highest BCUT2D eigenvalue weighted by Crippen LogP contribution is 2.19. The molecule has 0 unspecified atom stereocenters. The van der Waals surface area contributed by atoms with Crippen molar-refractivity contribution in [1.29, 1.82) is 0 Å². The van der Waals surface area contributed by atoms with Gasteiger partial charge < -0.3 is 36.8 Å². The summed E-state index contributed by atoms with van der Waals surface area (Å²) in [6.07, 6.45) is 0.380. The van der Waals surface area contributed by atoms with Gasteiger partial charge in [-0.1, -0.05) is 30.3 Å². The average Bonchev–Trinajstić information content (AvgIpc) is 3.35. The number of hydrogen-bond donors (Lipinski definition) is 6. The smallest absolute Gasteiger partial charge is 0.322 e. The number of nitrogens with one attached hydrogen (secondary N) is 3. The molecule has 0 aromatic heterocycles. The number of aliphatic carboxylic acids is 2. The number of carboxylic acid groups (broad SMARTS) is 2. The maximum atomic E-state index is 13.1. The molecule has 4 amide bonds. The standard InChI is InChI=1S/C24H33N5O8/c1-14(27-21(34)16(25)12-15-6-3-2-4-7-15)24(37)29-11-5-8-18(29)23(36)28-17(9-10-19(30)31)22(35)26-13-20(32)33/h2-4,6-7,14,16-18H,5,8-13,25H2,1H3,(H,26,35)(H,27,34)(H,28,36)(H,30,31)(H,32,33)/t14-,16-,17-,18-/m0/s1. The molecule has 7 N–H and O–H groups in total. The van der Waals surface area contributed by atoms with Crippen LogP contribution in [0.5, 0.6) is 0 Å². The van der Waals surface area contributed by atoms with Crippen LogP contribution in [0.25, 0.3) is 0 Å². The van der Waals surface area contributed by atoms with Crippen molar-refractivity contribution in [2.45, 2.75) is 63.2 Å². The predicted molar refractivity (Wildman–Crippen MR) is 130 cm³/mol. The van der Waals surface area contributed by atoms with Crippen LogP contribution in [0.1, 0.15) is 38.2 Å². The number of nitrogens with two attached hydrogens (primary N) is 1. The molecule has 202 valence electrons. The van der Waals surface area contributed by atoms with Crippen molar-refractivity contribution in [3.05, 3.63) is 35.9 Å². The minimum absolute atomic E-state index is 0.248. The van der Waals surface area contributed by atoms with Gasteiger partial charge in [-0.2, -0.15) is 0 Å². The van der Waals surface area contributed by atoms with E-state index in [-0.39, 0.29) is 19.4 Å². The molecule has 1 aromatic carbocycles. The van der Waals surface area contributed by atoms with Crippen molar-refractivity contribution in [1.82, 2.24) is 20.9 Å². The summed E-state index contributed by atoms with van der Waals surface area (Å²) < 4.78 is 0. The van der Waals surface area contributed by atoms with Crippen molar-refractivity contribution in [3.63, 3.8) is 0 Å². The van der Waals surface area contributed by atoms with Gasteiger partial charge in [-0.05, 0) is 38.2 Å². The van der Waals surface area contributed by atoms with E-state index in [1.165, 1.54) is 11.8 Å². The van der Waals surface area contributed by atoms with Gasteiger partial charge in [0.25, 0.3) is 0 Å². The van der Waals surface area contributed by atoms with Crippen LogP contribution in [0.3, 0.4) is 0 Å². The third kappa shape index (κ3) is 9.18. The Morgan fingerprint density at radius 1 is 1.03 bits per heavy atom. The van der Waals surface area contributed by atoms with E-state index in [2.05, 4.69) is 16.0 Å². The second-order valence-electron chi connectivity index (χ2n) is 8.82. The predicted octanol–water partition coefficient (Wildman–Crippen LogP) is -1.40. The summed E-state index contributed by atoms with van der Waals surface area (Å²) in [6, 6.07) is 5.08. The monoisotopic (exact) mass is 519 g/mol. The fourth-order valence-corrected chi connectivity index (χ4v) is 3.99. The largest absolute Gasteiger partial charge is 0.481 e. The lowest BCUT2D eigenvalue weighted by molar-refractivity contribution is -0.142. The van der Waals surface area contributed by atoms with Crippen LogP contribution >= 0.6 is 0 Å². The fourth-order valence-electron chi connectivity index (χ4n) is 3.99. The third-order valence-electron chi connectivity index (χ3n) is 5.90. The summed E-state index contributed by atoms with van der Waals surface area (Å²) in [5.74, 6) is -5.04. The molecule has 1 aliphatic heterocycles. The zero-order chi connectivity index (χ0) is 27.5. The summed E-state index contributed by atoms with van der Waals surface area (Å²) in [5.41, 5.74) is 6.85. The maximum absolute atomic E-state index is 13.1. The molecule has 1 saturated heterocycles. The highest BCUT2D eigenvalue weighted by atomic mass is 16.4. The first-order valence-electron chi connectivity index (χ1n) is 11.9. The first-order chi connectivity index (χ1) is 17.5. The molecule has 4 atom stereocenters. The van der Waals surface area contributed by atoms with Crippen molar-refractivity contribution in [2.75, 3.05) is 13.1 Å². The minimum atomic E-state index is -1.30. The van der Waals surface area contributed by atoms with Crippen LogP contribution in [0, 0.1) is 0 Å².